The molecule has 3 heterocycles. The third-order valence-corrected chi connectivity index (χ3v) is 5.60. The lowest BCUT2D eigenvalue weighted by atomic mass is 10.1. The van der Waals surface area contributed by atoms with E-state index in [2.05, 4.69) is 22.3 Å². The standard InChI is InChI=1S/C16H17N3O2S/c1-10-17-15(18-21-10)12-6-4-8-19(12)16(20)14-9-11-5-2-3-7-13(11)22-14/h2-3,5,7,12,14H,4,6,8-9H2,1H3/t12-,14-/m0/s1. The molecule has 0 N–H and O–H groups in total. The molecular weight excluding hydrogens is 298 g/mol. The van der Waals surface area contributed by atoms with Crippen LogP contribution in [0.5, 0.6) is 0 Å². The Morgan fingerprint density at radius 2 is 2.27 bits per heavy atom. The van der Waals surface area contributed by atoms with Gasteiger partial charge in [0, 0.05) is 18.4 Å². The van der Waals surface area contributed by atoms with Gasteiger partial charge >= 0.3 is 0 Å². The summed E-state index contributed by atoms with van der Waals surface area (Å²) in [6.07, 6.45) is 2.72. The first-order valence-corrected chi connectivity index (χ1v) is 8.45. The van der Waals surface area contributed by atoms with Gasteiger partial charge in [0.15, 0.2) is 5.82 Å². The van der Waals surface area contributed by atoms with E-state index in [1.165, 1.54) is 10.5 Å². The zero-order valence-electron chi connectivity index (χ0n) is 12.4. The molecule has 2 aromatic rings. The Morgan fingerprint density at radius 1 is 1.41 bits per heavy atom. The van der Waals surface area contributed by atoms with Crippen LogP contribution in [0.4, 0.5) is 0 Å². The molecule has 22 heavy (non-hydrogen) atoms. The van der Waals surface area contributed by atoms with Gasteiger partial charge in [0.05, 0.1) is 11.3 Å². The van der Waals surface area contributed by atoms with Gasteiger partial charge in [-0.1, -0.05) is 23.4 Å². The molecule has 4 rings (SSSR count). The van der Waals surface area contributed by atoms with Crippen LogP contribution in [0.15, 0.2) is 33.7 Å². The number of likely N-dealkylation sites (tertiary alicyclic amines) is 1. The lowest BCUT2D eigenvalue weighted by Gasteiger charge is -2.24. The fraction of sp³-hybridized carbons (Fsp3) is 0.438. The maximum absolute atomic E-state index is 12.9. The number of amides is 1. The predicted octanol–water partition coefficient (Wildman–Crippen LogP) is 2.76. The number of thioether (sulfide) groups is 1. The van der Waals surface area contributed by atoms with Crippen LogP contribution in [0.2, 0.25) is 0 Å². The number of rotatable bonds is 2. The Hall–Kier alpha value is -1.82. The normalized spacial score (nSPS) is 23.8. The molecule has 5 nitrogen and oxygen atoms in total. The van der Waals surface area contributed by atoms with Crippen LogP contribution in [0, 0.1) is 6.92 Å². The Labute approximate surface area is 133 Å². The maximum atomic E-state index is 12.9. The van der Waals surface area contributed by atoms with E-state index in [1.54, 1.807) is 18.7 Å². The van der Waals surface area contributed by atoms with Crippen LogP contribution in [-0.4, -0.2) is 32.7 Å². The van der Waals surface area contributed by atoms with Crippen molar-refractivity contribution in [2.24, 2.45) is 0 Å². The Kier molecular flexibility index (Phi) is 3.41. The van der Waals surface area contributed by atoms with Crippen molar-refractivity contribution in [1.82, 2.24) is 15.0 Å². The molecular formula is C16H17N3O2S. The van der Waals surface area contributed by atoms with Gasteiger partial charge in [0.2, 0.25) is 11.8 Å². The van der Waals surface area contributed by atoms with Crippen molar-refractivity contribution >= 4 is 17.7 Å². The van der Waals surface area contributed by atoms with Gasteiger partial charge in [-0.05, 0) is 30.9 Å². The quantitative estimate of drug-likeness (QED) is 0.853. The van der Waals surface area contributed by atoms with E-state index in [9.17, 15) is 4.79 Å². The molecule has 0 radical (unpaired) electrons. The molecule has 6 heteroatoms. The fourth-order valence-corrected chi connectivity index (χ4v) is 4.52. The zero-order chi connectivity index (χ0) is 15.1. The SMILES string of the molecule is Cc1nc([C@@H]2CCCN2C(=O)[C@@H]2Cc3ccccc3S2)no1. The van der Waals surface area contributed by atoms with Crippen molar-refractivity contribution in [2.75, 3.05) is 6.54 Å². The predicted molar refractivity (Wildman–Crippen MR) is 82.5 cm³/mol. The third-order valence-electron chi connectivity index (χ3n) is 4.30. The number of nitrogens with zero attached hydrogens (tertiary/aromatic N) is 3. The number of benzene rings is 1. The van der Waals surface area contributed by atoms with Crippen LogP contribution in [0.25, 0.3) is 0 Å². The van der Waals surface area contributed by atoms with E-state index in [1.807, 2.05) is 17.0 Å². The van der Waals surface area contributed by atoms with Gasteiger partial charge in [-0.15, -0.1) is 11.8 Å². The molecule has 1 saturated heterocycles. The van der Waals surface area contributed by atoms with Gasteiger partial charge in [-0.25, -0.2) is 0 Å². The number of aromatic nitrogens is 2. The number of carbonyl (C=O) groups excluding carboxylic acids is 1. The van der Waals surface area contributed by atoms with Gasteiger partial charge in [-0.3, -0.25) is 4.79 Å². The molecule has 2 atom stereocenters. The minimum atomic E-state index is -0.0331. The number of hydrogen-bond donors (Lipinski definition) is 0. The summed E-state index contributed by atoms with van der Waals surface area (Å²) in [5.41, 5.74) is 1.28. The van der Waals surface area contributed by atoms with E-state index in [0.717, 1.165) is 25.8 Å². The molecule has 0 unspecified atom stereocenters. The van der Waals surface area contributed by atoms with Gasteiger partial charge in [0.1, 0.15) is 0 Å². The lowest BCUT2D eigenvalue weighted by molar-refractivity contribution is -0.131. The van der Waals surface area contributed by atoms with Crippen molar-refractivity contribution in [3.63, 3.8) is 0 Å². The Morgan fingerprint density at radius 3 is 3.05 bits per heavy atom. The summed E-state index contributed by atoms with van der Waals surface area (Å²) in [7, 11) is 0. The van der Waals surface area contributed by atoms with Crippen LogP contribution in [0.3, 0.4) is 0 Å². The molecule has 2 aliphatic rings. The smallest absolute Gasteiger partial charge is 0.237 e. The van der Waals surface area contributed by atoms with Gasteiger partial charge in [0.25, 0.3) is 0 Å². The first-order chi connectivity index (χ1) is 10.7. The molecule has 0 spiro atoms. The largest absolute Gasteiger partial charge is 0.340 e. The molecule has 1 amide bonds. The minimum Gasteiger partial charge on any atom is -0.340 e. The minimum absolute atomic E-state index is 0.0222. The topological polar surface area (TPSA) is 59.2 Å². The summed E-state index contributed by atoms with van der Waals surface area (Å²) in [5, 5.41) is 3.99. The van der Waals surface area contributed by atoms with Crippen LogP contribution in [0.1, 0.15) is 36.2 Å². The molecule has 1 aromatic carbocycles. The highest BCUT2D eigenvalue weighted by Gasteiger charge is 2.38. The number of aryl methyl sites for hydroxylation is 1. The fourth-order valence-electron chi connectivity index (χ4n) is 3.25. The van der Waals surface area contributed by atoms with Crippen LogP contribution in [-0.2, 0) is 11.2 Å². The summed E-state index contributed by atoms with van der Waals surface area (Å²) in [6.45, 7) is 2.56. The van der Waals surface area contributed by atoms with E-state index < -0.39 is 0 Å². The van der Waals surface area contributed by atoms with Crippen molar-refractivity contribution in [3.05, 3.63) is 41.5 Å². The second-order valence-electron chi connectivity index (χ2n) is 5.78. The molecule has 0 bridgehead atoms. The monoisotopic (exact) mass is 315 g/mol. The molecule has 114 valence electrons. The molecule has 0 aliphatic carbocycles. The van der Waals surface area contributed by atoms with Crippen LogP contribution >= 0.6 is 11.8 Å². The van der Waals surface area contributed by atoms with Crippen LogP contribution < -0.4 is 0 Å². The number of carbonyl (C=O) groups is 1. The summed E-state index contributed by atoms with van der Waals surface area (Å²) in [4.78, 5) is 20.4. The molecule has 2 aliphatic heterocycles. The highest BCUT2D eigenvalue weighted by atomic mass is 32.2. The van der Waals surface area contributed by atoms with Gasteiger partial charge < -0.3 is 9.42 Å². The van der Waals surface area contributed by atoms with Crippen molar-refractivity contribution in [1.29, 1.82) is 0 Å². The highest BCUT2D eigenvalue weighted by molar-refractivity contribution is 8.01. The first kappa shape index (κ1) is 13.8. The average molecular weight is 315 g/mol. The lowest BCUT2D eigenvalue weighted by Crippen LogP contribution is -2.37. The van der Waals surface area contributed by atoms with E-state index >= 15 is 0 Å². The zero-order valence-corrected chi connectivity index (χ0v) is 13.2. The molecule has 1 fully saturated rings. The van der Waals surface area contributed by atoms with Crippen molar-refractivity contribution in [3.8, 4) is 0 Å². The number of hydrogen-bond acceptors (Lipinski definition) is 5. The second-order valence-corrected chi connectivity index (χ2v) is 7.02. The summed E-state index contributed by atoms with van der Waals surface area (Å²) >= 11 is 1.68. The third kappa shape index (κ3) is 2.31. The summed E-state index contributed by atoms with van der Waals surface area (Å²) in [6, 6.07) is 8.23. The maximum Gasteiger partial charge on any atom is 0.237 e. The van der Waals surface area contributed by atoms with E-state index in [0.29, 0.717) is 11.7 Å². The average Bonchev–Trinajstić information content (AvgIpc) is 3.24. The summed E-state index contributed by atoms with van der Waals surface area (Å²) in [5.74, 6) is 1.40. The first-order valence-electron chi connectivity index (χ1n) is 7.57. The second kappa shape index (κ2) is 5.43. The van der Waals surface area contributed by atoms with E-state index in [-0.39, 0.29) is 17.2 Å². The summed E-state index contributed by atoms with van der Waals surface area (Å²) < 4.78 is 5.08. The molecule has 0 saturated carbocycles. The van der Waals surface area contributed by atoms with Gasteiger partial charge in [-0.2, -0.15) is 4.98 Å². The van der Waals surface area contributed by atoms with Crippen molar-refractivity contribution in [2.45, 2.75) is 42.4 Å². The Bertz CT molecular complexity index is 690. The highest BCUT2D eigenvalue weighted by Crippen LogP contribution is 2.40. The van der Waals surface area contributed by atoms with E-state index in [4.69, 9.17) is 4.52 Å². The Balaban J connectivity index is 1.53. The number of fused-ring (bicyclic) bond motifs is 1. The molecule has 1 aromatic heterocycles. The van der Waals surface area contributed by atoms with Crippen molar-refractivity contribution < 1.29 is 9.32 Å².